The van der Waals surface area contributed by atoms with Crippen LogP contribution in [0.4, 0.5) is 5.69 Å². The molecule has 6 heteroatoms. The number of nitrogens with one attached hydrogen (secondary N) is 1. The SMILES string of the molecule is CN1N=C(C(=O)Nc2ccccc2Oc2ccccc2)CCC1=O. The monoisotopic (exact) mass is 323 g/mol. The van der Waals surface area contributed by atoms with E-state index < -0.39 is 0 Å². The van der Waals surface area contributed by atoms with Crippen LogP contribution in [-0.4, -0.2) is 29.6 Å². The number of hydrogen-bond donors (Lipinski definition) is 1. The van der Waals surface area contributed by atoms with E-state index in [0.717, 1.165) is 0 Å². The summed E-state index contributed by atoms with van der Waals surface area (Å²) in [7, 11) is 1.54. The topological polar surface area (TPSA) is 71.0 Å². The zero-order chi connectivity index (χ0) is 16.9. The molecule has 1 aliphatic heterocycles. The summed E-state index contributed by atoms with van der Waals surface area (Å²) < 4.78 is 5.82. The van der Waals surface area contributed by atoms with Gasteiger partial charge in [0.25, 0.3) is 5.91 Å². The van der Waals surface area contributed by atoms with Crippen molar-refractivity contribution < 1.29 is 14.3 Å². The molecule has 0 fully saturated rings. The van der Waals surface area contributed by atoms with Crippen molar-refractivity contribution in [2.75, 3.05) is 12.4 Å². The summed E-state index contributed by atoms with van der Waals surface area (Å²) in [6.07, 6.45) is 0.613. The van der Waals surface area contributed by atoms with Crippen LogP contribution in [0.15, 0.2) is 59.7 Å². The molecule has 0 bridgehead atoms. The molecular weight excluding hydrogens is 306 g/mol. The predicted octanol–water partition coefficient (Wildman–Crippen LogP) is 3.03. The van der Waals surface area contributed by atoms with E-state index in [4.69, 9.17) is 4.74 Å². The van der Waals surface area contributed by atoms with Crippen molar-refractivity contribution in [3.8, 4) is 11.5 Å². The van der Waals surface area contributed by atoms with E-state index in [0.29, 0.717) is 29.3 Å². The molecule has 0 aromatic heterocycles. The smallest absolute Gasteiger partial charge is 0.271 e. The number of hydrogen-bond acceptors (Lipinski definition) is 4. The Hall–Kier alpha value is -3.15. The Kier molecular flexibility index (Phi) is 4.56. The normalized spacial score (nSPS) is 14.1. The number of anilines is 1. The highest BCUT2D eigenvalue weighted by molar-refractivity contribution is 6.43. The van der Waals surface area contributed by atoms with Crippen molar-refractivity contribution in [3.63, 3.8) is 0 Å². The average molecular weight is 323 g/mol. The Balaban J connectivity index is 1.77. The van der Waals surface area contributed by atoms with E-state index in [1.54, 1.807) is 19.2 Å². The van der Waals surface area contributed by atoms with E-state index in [1.807, 2.05) is 42.5 Å². The molecule has 1 N–H and O–H groups in total. The lowest BCUT2D eigenvalue weighted by atomic mass is 10.1. The Morgan fingerprint density at radius 2 is 1.79 bits per heavy atom. The highest BCUT2D eigenvalue weighted by Gasteiger charge is 2.22. The van der Waals surface area contributed by atoms with Gasteiger partial charge in [-0.1, -0.05) is 30.3 Å². The minimum Gasteiger partial charge on any atom is -0.455 e. The first-order valence-corrected chi connectivity index (χ1v) is 7.61. The maximum Gasteiger partial charge on any atom is 0.271 e. The molecule has 0 spiro atoms. The first-order valence-electron chi connectivity index (χ1n) is 7.61. The Morgan fingerprint density at radius 3 is 2.54 bits per heavy atom. The van der Waals surface area contributed by atoms with Crippen molar-refractivity contribution in [2.45, 2.75) is 12.8 Å². The summed E-state index contributed by atoms with van der Waals surface area (Å²) in [5.74, 6) is 0.787. The minimum absolute atomic E-state index is 0.0978. The lowest BCUT2D eigenvalue weighted by molar-refractivity contribution is -0.130. The van der Waals surface area contributed by atoms with E-state index in [-0.39, 0.29) is 18.2 Å². The molecule has 2 aromatic carbocycles. The van der Waals surface area contributed by atoms with Gasteiger partial charge in [-0.05, 0) is 24.3 Å². The quantitative estimate of drug-likeness (QED) is 0.940. The maximum absolute atomic E-state index is 12.4. The number of amides is 2. The fourth-order valence-electron chi connectivity index (χ4n) is 2.30. The van der Waals surface area contributed by atoms with Crippen LogP contribution in [0.1, 0.15) is 12.8 Å². The van der Waals surface area contributed by atoms with Gasteiger partial charge in [0.15, 0.2) is 5.75 Å². The zero-order valence-electron chi connectivity index (χ0n) is 13.2. The number of carbonyl (C=O) groups is 2. The van der Waals surface area contributed by atoms with Crippen molar-refractivity contribution in [2.24, 2.45) is 5.10 Å². The molecule has 2 amide bonds. The van der Waals surface area contributed by atoms with E-state index in [2.05, 4.69) is 10.4 Å². The van der Waals surface area contributed by atoms with Crippen molar-refractivity contribution in [1.82, 2.24) is 5.01 Å². The molecule has 3 rings (SSSR count). The van der Waals surface area contributed by atoms with E-state index in [1.165, 1.54) is 5.01 Å². The molecule has 6 nitrogen and oxygen atoms in total. The van der Waals surface area contributed by atoms with Crippen molar-refractivity contribution in [3.05, 3.63) is 54.6 Å². The van der Waals surface area contributed by atoms with Gasteiger partial charge < -0.3 is 10.1 Å². The molecular formula is C18H17N3O3. The number of ether oxygens (including phenoxy) is 1. The molecule has 0 atom stereocenters. The van der Waals surface area contributed by atoms with Crippen molar-refractivity contribution in [1.29, 1.82) is 0 Å². The number of hydrazone groups is 1. The highest BCUT2D eigenvalue weighted by atomic mass is 16.5. The van der Waals surface area contributed by atoms with Gasteiger partial charge in [0.1, 0.15) is 11.5 Å². The van der Waals surface area contributed by atoms with Crippen LogP contribution in [-0.2, 0) is 9.59 Å². The van der Waals surface area contributed by atoms with Gasteiger partial charge in [-0.15, -0.1) is 0 Å². The fraction of sp³-hybridized carbons (Fsp3) is 0.167. The van der Waals surface area contributed by atoms with Gasteiger partial charge in [-0.25, -0.2) is 5.01 Å². The summed E-state index contributed by atoms with van der Waals surface area (Å²) >= 11 is 0. The Bertz CT molecular complexity index is 787. The summed E-state index contributed by atoms with van der Waals surface area (Å²) in [6, 6.07) is 16.5. The Labute approximate surface area is 139 Å². The second-order valence-corrected chi connectivity index (χ2v) is 5.33. The molecule has 24 heavy (non-hydrogen) atoms. The third-order valence-electron chi connectivity index (χ3n) is 3.58. The summed E-state index contributed by atoms with van der Waals surface area (Å²) in [5, 5.41) is 8.02. The van der Waals surface area contributed by atoms with Crippen LogP contribution < -0.4 is 10.1 Å². The molecule has 0 radical (unpaired) electrons. The van der Waals surface area contributed by atoms with Gasteiger partial charge in [0.2, 0.25) is 5.91 Å². The third kappa shape index (κ3) is 3.60. The van der Waals surface area contributed by atoms with Crippen LogP contribution in [0.3, 0.4) is 0 Å². The first-order chi connectivity index (χ1) is 11.6. The molecule has 0 aliphatic carbocycles. The third-order valence-corrected chi connectivity index (χ3v) is 3.58. The summed E-state index contributed by atoms with van der Waals surface area (Å²) in [5.41, 5.74) is 0.875. The molecule has 0 saturated carbocycles. The number of carbonyl (C=O) groups excluding carboxylic acids is 2. The van der Waals surface area contributed by atoms with E-state index in [9.17, 15) is 9.59 Å². The number of para-hydroxylation sites is 3. The highest BCUT2D eigenvalue weighted by Crippen LogP contribution is 2.29. The maximum atomic E-state index is 12.4. The van der Waals surface area contributed by atoms with Gasteiger partial charge in [0.05, 0.1) is 5.69 Å². The first kappa shape index (κ1) is 15.7. The zero-order valence-corrected chi connectivity index (χ0v) is 13.2. The van der Waals surface area contributed by atoms with Crippen LogP contribution in [0, 0.1) is 0 Å². The average Bonchev–Trinajstić information content (AvgIpc) is 2.60. The molecule has 122 valence electrons. The van der Waals surface area contributed by atoms with Gasteiger partial charge in [-0.2, -0.15) is 5.10 Å². The number of nitrogens with zero attached hydrogens (tertiary/aromatic N) is 2. The van der Waals surface area contributed by atoms with Gasteiger partial charge >= 0.3 is 0 Å². The second-order valence-electron chi connectivity index (χ2n) is 5.33. The fourth-order valence-corrected chi connectivity index (χ4v) is 2.30. The van der Waals surface area contributed by atoms with Crippen molar-refractivity contribution >= 4 is 23.2 Å². The molecule has 0 saturated heterocycles. The number of benzene rings is 2. The molecule has 1 heterocycles. The Morgan fingerprint density at radius 1 is 1.08 bits per heavy atom. The largest absolute Gasteiger partial charge is 0.455 e. The van der Waals surface area contributed by atoms with Crippen LogP contribution in [0.5, 0.6) is 11.5 Å². The molecule has 0 unspecified atom stereocenters. The predicted molar refractivity (Wildman–Crippen MR) is 91.0 cm³/mol. The lowest BCUT2D eigenvalue weighted by Gasteiger charge is -2.19. The number of rotatable bonds is 4. The lowest BCUT2D eigenvalue weighted by Crippen LogP contribution is -2.34. The minimum atomic E-state index is -0.335. The van der Waals surface area contributed by atoms with Crippen LogP contribution in [0.25, 0.3) is 0 Å². The second kappa shape index (κ2) is 6.95. The summed E-state index contributed by atoms with van der Waals surface area (Å²) in [6.45, 7) is 0. The van der Waals surface area contributed by atoms with Crippen LogP contribution >= 0.6 is 0 Å². The summed E-state index contributed by atoms with van der Waals surface area (Å²) in [4.78, 5) is 23.8. The van der Waals surface area contributed by atoms with Crippen LogP contribution in [0.2, 0.25) is 0 Å². The van der Waals surface area contributed by atoms with Gasteiger partial charge in [-0.3, -0.25) is 9.59 Å². The molecule has 1 aliphatic rings. The van der Waals surface area contributed by atoms with E-state index >= 15 is 0 Å². The molecule has 2 aromatic rings. The van der Waals surface area contributed by atoms with Gasteiger partial charge in [0, 0.05) is 19.9 Å². The standard InChI is InChI=1S/C18H17N3O3/c1-21-17(22)12-11-15(20-21)18(23)19-14-9-5-6-10-16(14)24-13-7-3-2-4-8-13/h2-10H,11-12H2,1H3,(H,19,23).